The van der Waals surface area contributed by atoms with E-state index in [9.17, 15) is 4.79 Å². The van der Waals surface area contributed by atoms with Crippen molar-refractivity contribution in [3.8, 4) is 0 Å². The third kappa shape index (κ3) is 5.74. The summed E-state index contributed by atoms with van der Waals surface area (Å²) < 4.78 is 0. The normalized spacial score (nSPS) is 14.3. The average Bonchev–Trinajstić information content (AvgIpc) is 2.78. The van der Waals surface area contributed by atoms with Crippen molar-refractivity contribution in [1.29, 1.82) is 0 Å². The van der Waals surface area contributed by atoms with Gasteiger partial charge < -0.3 is 9.80 Å². The summed E-state index contributed by atoms with van der Waals surface area (Å²) in [5, 5.41) is 0.737. The van der Waals surface area contributed by atoms with Gasteiger partial charge in [-0.15, -0.1) is 0 Å². The van der Waals surface area contributed by atoms with Gasteiger partial charge in [-0.2, -0.15) is 0 Å². The third-order valence-electron chi connectivity index (χ3n) is 5.56. The van der Waals surface area contributed by atoms with Crippen LogP contribution in [0.25, 0.3) is 12.2 Å². The molecule has 2 aromatic carbocycles. The molecule has 0 spiro atoms. The molecular formula is C26H26ClN3O. The molecule has 1 saturated heterocycles. The quantitative estimate of drug-likeness (QED) is 0.523. The van der Waals surface area contributed by atoms with E-state index in [0.29, 0.717) is 0 Å². The lowest BCUT2D eigenvalue weighted by Crippen LogP contribution is -2.48. The first-order valence-corrected chi connectivity index (χ1v) is 10.9. The first kappa shape index (κ1) is 21.1. The number of nitrogens with zero attached hydrogens (tertiary/aromatic N) is 3. The number of halogens is 1. The number of benzene rings is 2. The van der Waals surface area contributed by atoms with E-state index in [4.69, 9.17) is 11.6 Å². The molecule has 1 aromatic heterocycles. The van der Waals surface area contributed by atoms with Crippen LogP contribution in [0.5, 0.6) is 0 Å². The van der Waals surface area contributed by atoms with Gasteiger partial charge in [0.2, 0.25) is 5.91 Å². The van der Waals surface area contributed by atoms with E-state index >= 15 is 0 Å². The number of rotatable bonds is 5. The van der Waals surface area contributed by atoms with Gasteiger partial charge in [-0.3, -0.25) is 9.78 Å². The summed E-state index contributed by atoms with van der Waals surface area (Å²) in [6, 6.07) is 18.7. The molecule has 0 bridgehead atoms. The van der Waals surface area contributed by atoms with Crippen LogP contribution in [-0.2, 0) is 11.2 Å². The number of carbonyl (C=O) groups excluding carboxylic acids is 1. The summed E-state index contributed by atoms with van der Waals surface area (Å²) in [6.07, 6.45) is 8.68. The Hall–Kier alpha value is -3.11. The molecule has 4 nitrogen and oxygen atoms in total. The number of hydrogen-bond acceptors (Lipinski definition) is 3. The highest BCUT2D eigenvalue weighted by atomic mass is 35.5. The van der Waals surface area contributed by atoms with Crippen molar-refractivity contribution in [1.82, 2.24) is 9.88 Å². The van der Waals surface area contributed by atoms with E-state index in [0.717, 1.165) is 48.7 Å². The summed E-state index contributed by atoms with van der Waals surface area (Å²) in [6.45, 7) is 4.95. The van der Waals surface area contributed by atoms with Crippen molar-refractivity contribution in [2.24, 2.45) is 0 Å². The molecule has 0 atom stereocenters. The zero-order valence-corrected chi connectivity index (χ0v) is 18.4. The summed E-state index contributed by atoms with van der Waals surface area (Å²) in [7, 11) is 0. The second kappa shape index (κ2) is 9.80. The lowest BCUT2D eigenvalue weighted by atomic mass is 10.0. The standard InChI is InChI=1S/C26H26ClN3O/c1-20(31)29-11-13-30(14-12-29)26-8-6-21(7-9-26)4-5-22-15-24(18-25(27)17-22)16-23-3-2-10-28-19-23/h2-10,15,17-19H,11-14,16H2,1H3. The van der Waals surface area contributed by atoms with Gasteiger partial charge in [0.25, 0.3) is 0 Å². The van der Waals surface area contributed by atoms with E-state index in [1.165, 1.54) is 16.8 Å². The molecule has 158 valence electrons. The molecule has 0 N–H and O–H groups in total. The van der Waals surface area contributed by atoms with Crippen LogP contribution in [0.3, 0.4) is 0 Å². The topological polar surface area (TPSA) is 36.4 Å². The number of hydrogen-bond donors (Lipinski definition) is 0. The molecule has 4 rings (SSSR count). The van der Waals surface area contributed by atoms with Crippen molar-refractivity contribution < 1.29 is 4.79 Å². The summed E-state index contributed by atoms with van der Waals surface area (Å²) in [5.74, 6) is 0.157. The van der Waals surface area contributed by atoms with Crippen molar-refractivity contribution in [3.63, 3.8) is 0 Å². The molecule has 0 aliphatic carbocycles. The monoisotopic (exact) mass is 431 g/mol. The first-order valence-electron chi connectivity index (χ1n) is 10.5. The molecule has 5 heteroatoms. The molecule has 0 unspecified atom stereocenters. The Morgan fingerprint density at radius 1 is 0.968 bits per heavy atom. The molecule has 1 aliphatic rings. The second-order valence-electron chi connectivity index (χ2n) is 7.85. The largest absolute Gasteiger partial charge is 0.368 e. The van der Waals surface area contributed by atoms with Crippen molar-refractivity contribution in [2.75, 3.05) is 31.1 Å². The van der Waals surface area contributed by atoms with E-state index in [1.807, 2.05) is 29.3 Å². The van der Waals surface area contributed by atoms with Crippen LogP contribution in [0.1, 0.15) is 29.2 Å². The van der Waals surface area contributed by atoms with Crippen LogP contribution >= 0.6 is 11.6 Å². The third-order valence-corrected chi connectivity index (χ3v) is 5.78. The number of anilines is 1. The lowest BCUT2D eigenvalue weighted by molar-refractivity contribution is -0.129. The van der Waals surface area contributed by atoms with Crippen LogP contribution in [-0.4, -0.2) is 42.0 Å². The van der Waals surface area contributed by atoms with Crippen LogP contribution in [0.4, 0.5) is 5.69 Å². The highest BCUT2D eigenvalue weighted by Crippen LogP contribution is 2.21. The van der Waals surface area contributed by atoms with Gasteiger partial charge in [0.05, 0.1) is 0 Å². The molecular weight excluding hydrogens is 406 g/mol. The van der Waals surface area contributed by atoms with E-state index in [1.54, 1.807) is 13.1 Å². The minimum absolute atomic E-state index is 0.157. The highest BCUT2D eigenvalue weighted by Gasteiger charge is 2.18. The Bertz CT molecular complexity index is 1060. The second-order valence-corrected chi connectivity index (χ2v) is 8.29. The number of pyridine rings is 1. The number of carbonyl (C=O) groups is 1. The Morgan fingerprint density at radius 3 is 2.39 bits per heavy atom. The van der Waals surface area contributed by atoms with Crippen molar-refractivity contribution in [2.45, 2.75) is 13.3 Å². The predicted octanol–water partition coefficient (Wildman–Crippen LogP) is 5.16. The Kier molecular flexibility index (Phi) is 6.68. The van der Waals surface area contributed by atoms with Crippen molar-refractivity contribution >= 4 is 35.3 Å². The molecule has 1 aliphatic heterocycles. The van der Waals surface area contributed by atoms with Gasteiger partial charge in [0.15, 0.2) is 0 Å². The molecule has 31 heavy (non-hydrogen) atoms. The van der Waals surface area contributed by atoms with Gasteiger partial charge in [0, 0.05) is 56.2 Å². The molecule has 3 aromatic rings. The van der Waals surface area contributed by atoms with Gasteiger partial charge >= 0.3 is 0 Å². The molecule has 1 amide bonds. The van der Waals surface area contributed by atoms with Crippen LogP contribution in [0.15, 0.2) is 67.0 Å². The maximum atomic E-state index is 11.5. The van der Waals surface area contributed by atoms with E-state index < -0.39 is 0 Å². The maximum absolute atomic E-state index is 11.5. The molecule has 0 saturated carbocycles. The lowest BCUT2D eigenvalue weighted by Gasteiger charge is -2.35. The smallest absolute Gasteiger partial charge is 0.219 e. The predicted molar refractivity (Wildman–Crippen MR) is 128 cm³/mol. The Balaban J connectivity index is 1.41. The maximum Gasteiger partial charge on any atom is 0.219 e. The minimum Gasteiger partial charge on any atom is -0.368 e. The number of aromatic nitrogens is 1. The fourth-order valence-electron chi connectivity index (χ4n) is 3.88. The van der Waals surface area contributed by atoms with Crippen molar-refractivity contribution in [3.05, 3.63) is 94.3 Å². The molecule has 2 heterocycles. The molecule has 1 fully saturated rings. The zero-order chi connectivity index (χ0) is 21.6. The SMILES string of the molecule is CC(=O)N1CCN(c2ccc(C=Cc3cc(Cl)cc(Cc4cccnc4)c3)cc2)CC1. The Labute approximate surface area is 188 Å². The van der Waals surface area contributed by atoms with Crippen LogP contribution in [0, 0.1) is 0 Å². The van der Waals surface area contributed by atoms with E-state index in [2.05, 4.69) is 58.4 Å². The number of amides is 1. The van der Waals surface area contributed by atoms with Gasteiger partial charge in [-0.05, 0) is 59.0 Å². The zero-order valence-electron chi connectivity index (χ0n) is 17.7. The van der Waals surface area contributed by atoms with Gasteiger partial charge in [0.1, 0.15) is 0 Å². The number of piperazine rings is 1. The van der Waals surface area contributed by atoms with Crippen LogP contribution < -0.4 is 4.90 Å². The fraction of sp³-hybridized carbons (Fsp3) is 0.231. The minimum atomic E-state index is 0.157. The fourth-order valence-corrected chi connectivity index (χ4v) is 4.15. The Morgan fingerprint density at radius 2 is 1.71 bits per heavy atom. The van der Waals surface area contributed by atoms with Gasteiger partial charge in [-0.1, -0.05) is 48.0 Å². The van der Waals surface area contributed by atoms with Gasteiger partial charge in [-0.25, -0.2) is 0 Å². The molecule has 0 radical (unpaired) electrons. The van der Waals surface area contributed by atoms with Crippen LogP contribution in [0.2, 0.25) is 5.02 Å². The summed E-state index contributed by atoms with van der Waals surface area (Å²) in [4.78, 5) is 19.9. The van der Waals surface area contributed by atoms with E-state index in [-0.39, 0.29) is 5.91 Å². The summed E-state index contributed by atoms with van der Waals surface area (Å²) in [5.41, 5.74) is 5.75. The highest BCUT2D eigenvalue weighted by molar-refractivity contribution is 6.30. The first-order chi connectivity index (χ1) is 15.1. The summed E-state index contributed by atoms with van der Waals surface area (Å²) >= 11 is 6.36. The average molecular weight is 432 g/mol.